The van der Waals surface area contributed by atoms with Gasteiger partial charge in [-0.15, -0.1) is 11.6 Å². The van der Waals surface area contributed by atoms with Gasteiger partial charge < -0.3 is 4.90 Å². The molecule has 0 spiro atoms. The maximum atomic E-state index is 6.12. The number of aromatic nitrogens is 2. The highest BCUT2D eigenvalue weighted by Gasteiger charge is 2.23. The van der Waals surface area contributed by atoms with E-state index in [1.807, 2.05) is 0 Å². The molecule has 0 bridgehead atoms. The molecule has 0 aliphatic carbocycles. The Kier molecular flexibility index (Phi) is 4.24. The Bertz CT molecular complexity index is 346. The lowest BCUT2D eigenvalue weighted by atomic mass is 10.1. The standard InChI is InChI=1S/C11H15Cl2N3/c12-6-9-4-2-1-3-5-16(9)11-10(13)7-14-8-15-11/h7-9H,1-6H2. The van der Waals surface area contributed by atoms with Gasteiger partial charge in [0, 0.05) is 18.5 Å². The monoisotopic (exact) mass is 259 g/mol. The molecule has 3 nitrogen and oxygen atoms in total. The van der Waals surface area contributed by atoms with Crippen LogP contribution in [0.5, 0.6) is 0 Å². The van der Waals surface area contributed by atoms with Gasteiger partial charge in [-0.3, -0.25) is 0 Å². The van der Waals surface area contributed by atoms with Crippen LogP contribution in [-0.4, -0.2) is 28.4 Å². The molecule has 1 aliphatic rings. The van der Waals surface area contributed by atoms with E-state index >= 15 is 0 Å². The lowest BCUT2D eigenvalue weighted by molar-refractivity contribution is 0.615. The van der Waals surface area contributed by atoms with E-state index in [0.29, 0.717) is 16.9 Å². The zero-order chi connectivity index (χ0) is 11.4. The van der Waals surface area contributed by atoms with E-state index in [9.17, 15) is 0 Å². The number of anilines is 1. The quantitative estimate of drug-likeness (QED) is 0.765. The smallest absolute Gasteiger partial charge is 0.151 e. The van der Waals surface area contributed by atoms with Crippen LogP contribution in [0.3, 0.4) is 0 Å². The normalized spacial score (nSPS) is 21.9. The van der Waals surface area contributed by atoms with Crippen LogP contribution in [0.4, 0.5) is 5.82 Å². The van der Waals surface area contributed by atoms with E-state index in [0.717, 1.165) is 18.8 Å². The molecule has 1 fully saturated rings. The van der Waals surface area contributed by atoms with E-state index in [4.69, 9.17) is 23.2 Å². The first kappa shape index (κ1) is 11.9. The maximum absolute atomic E-state index is 6.12. The third-order valence-electron chi connectivity index (χ3n) is 2.98. The molecule has 2 rings (SSSR count). The number of hydrogen-bond donors (Lipinski definition) is 0. The van der Waals surface area contributed by atoms with Gasteiger partial charge in [0.25, 0.3) is 0 Å². The molecule has 2 heterocycles. The summed E-state index contributed by atoms with van der Waals surface area (Å²) in [6, 6.07) is 0.344. The highest BCUT2D eigenvalue weighted by Crippen LogP contribution is 2.28. The first-order valence-electron chi connectivity index (χ1n) is 5.61. The van der Waals surface area contributed by atoms with Gasteiger partial charge in [-0.25, -0.2) is 9.97 Å². The number of rotatable bonds is 2. The molecule has 0 radical (unpaired) electrons. The van der Waals surface area contributed by atoms with E-state index < -0.39 is 0 Å². The van der Waals surface area contributed by atoms with Crippen molar-refractivity contribution >= 4 is 29.0 Å². The fourth-order valence-corrected chi connectivity index (χ4v) is 2.67. The predicted molar refractivity (Wildman–Crippen MR) is 67.4 cm³/mol. The number of halogens is 2. The van der Waals surface area contributed by atoms with Crippen LogP contribution in [-0.2, 0) is 0 Å². The molecule has 16 heavy (non-hydrogen) atoms. The molecule has 0 aromatic carbocycles. The van der Waals surface area contributed by atoms with Crippen molar-refractivity contribution in [1.29, 1.82) is 0 Å². The topological polar surface area (TPSA) is 29.0 Å². The van der Waals surface area contributed by atoms with Gasteiger partial charge in [0.05, 0.1) is 6.20 Å². The highest BCUT2D eigenvalue weighted by atomic mass is 35.5. The van der Waals surface area contributed by atoms with Gasteiger partial charge >= 0.3 is 0 Å². The van der Waals surface area contributed by atoms with Crippen molar-refractivity contribution < 1.29 is 0 Å². The van der Waals surface area contributed by atoms with Gasteiger partial charge in [0.2, 0.25) is 0 Å². The summed E-state index contributed by atoms with van der Waals surface area (Å²) in [4.78, 5) is 10.4. The minimum absolute atomic E-state index is 0.344. The Morgan fingerprint density at radius 3 is 3.00 bits per heavy atom. The van der Waals surface area contributed by atoms with Crippen molar-refractivity contribution in [3.8, 4) is 0 Å². The van der Waals surface area contributed by atoms with Crippen LogP contribution in [0, 0.1) is 0 Å². The van der Waals surface area contributed by atoms with Crippen LogP contribution < -0.4 is 4.90 Å². The molecule has 1 saturated heterocycles. The Balaban J connectivity index is 2.25. The Hall–Kier alpha value is -0.540. The van der Waals surface area contributed by atoms with Crippen molar-refractivity contribution in [2.45, 2.75) is 31.7 Å². The SMILES string of the molecule is ClCC1CCCCCN1c1ncncc1Cl. The fraction of sp³-hybridized carbons (Fsp3) is 0.636. The molecular weight excluding hydrogens is 245 g/mol. The van der Waals surface area contributed by atoms with Gasteiger partial charge in [-0.2, -0.15) is 0 Å². The summed E-state index contributed by atoms with van der Waals surface area (Å²) in [5.41, 5.74) is 0. The molecule has 1 aliphatic heterocycles. The molecule has 1 aromatic rings. The largest absolute Gasteiger partial charge is 0.351 e. The van der Waals surface area contributed by atoms with E-state index in [1.165, 1.54) is 25.6 Å². The molecule has 0 saturated carbocycles. The summed E-state index contributed by atoms with van der Waals surface area (Å²) in [6.45, 7) is 0.980. The second-order valence-electron chi connectivity index (χ2n) is 4.05. The van der Waals surface area contributed by atoms with Gasteiger partial charge in [-0.1, -0.05) is 24.4 Å². The predicted octanol–water partition coefficient (Wildman–Crippen LogP) is 3.12. The summed E-state index contributed by atoms with van der Waals surface area (Å²) in [5.74, 6) is 1.45. The van der Waals surface area contributed by atoms with Crippen LogP contribution in [0.1, 0.15) is 25.7 Å². The lowest BCUT2D eigenvalue weighted by Crippen LogP contribution is -2.37. The summed E-state index contributed by atoms with van der Waals surface area (Å²) in [6.07, 6.45) is 7.96. The molecule has 88 valence electrons. The number of hydrogen-bond acceptors (Lipinski definition) is 3. The first-order valence-corrected chi connectivity index (χ1v) is 6.52. The zero-order valence-corrected chi connectivity index (χ0v) is 10.6. The molecule has 0 N–H and O–H groups in total. The van der Waals surface area contributed by atoms with Crippen molar-refractivity contribution in [3.05, 3.63) is 17.5 Å². The first-order chi connectivity index (χ1) is 7.83. The van der Waals surface area contributed by atoms with Gasteiger partial charge in [-0.05, 0) is 12.8 Å². The van der Waals surface area contributed by atoms with Crippen molar-refractivity contribution in [1.82, 2.24) is 9.97 Å². The summed E-state index contributed by atoms with van der Waals surface area (Å²) in [7, 11) is 0. The summed E-state index contributed by atoms with van der Waals surface area (Å²) >= 11 is 12.1. The lowest BCUT2D eigenvalue weighted by Gasteiger charge is -2.29. The second-order valence-corrected chi connectivity index (χ2v) is 4.76. The van der Waals surface area contributed by atoms with Gasteiger partial charge in [0.15, 0.2) is 5.82 Å². The van der Waals surface area contributed by atoms with E-state index in [1.54, 1.807) is 6.20 Å². The van der Waals surface area contributed by atoms with E-state index in [2.05, 4.69) is 14.9 Å². The van der Waals surface area contributed by atoms with Crippen LogP contribution in [0.15, 0.2) is 12.5 Å². The van der Waals surface area contributed by atoms with Crippen molar-refractivity contribution in [2.24, 2.45) is 0 Å². The average molecular weight is 260 g/mol. The molecule has 5 heteroatoms. The molecule has 1 aromatic heterocycles. The maximum Gasteiger partial charge on any atom is 0.151 e. The van der Waals surface area contributed by atoms with Crippen molar-refractivity contribution in [3.63, 3.8) is 0 Å². The summed E-state index contributed by atoms with van der Waals surface area (Å²) < 4.78 is 0. The molecule has 0 amide bonds. The zero-order valence-electron chi connectivity index (χ0n) is 9.07. The van der Waals surface area contributed by atoms with Crippen LogP contribution >= 0.6 is 23.2 Å². The third kappa shape index (κ3) is 2.58. The number of alkyl halides is 1. The molecule has 1 atom stereocenters. The minimum atomic E-state index is 0.344. The highest BCUT2D eigenvalue weighted by molar-refractivity contribution is 6.32. The van der Waals surface area contributed by atoms with Crippen LogP contribution in [0.25, 0.3) is 0 Å². The van der Waals surface area contributed by atoms with Crippen molar-refractivity contribution in [2.75, 3.05) is 17.3 Å². The fourth-order valence-electron chi connectivity index (χ4n) is 2.13. The second kappa shape index (κ2) is 5.69. The number of nitrogens with zero attached hydrogens (tertiary/aromatic N) is 3. The average Bonchev–Trinajstić information content (AvgIpc) is 2.54. The Labute approximate surface area is 106 Å². The van der Waals surface area contributed by atoms with Gasteiger partial charge in [0.1, 0.15) is 11.3 Å². The van der Waals surface area contributed by atoms with Crippen LogP contribution in [0.2, 0.25) is 5.02 Å². The third-order valence-corrected chi connectivity index (χ3v) is 3.60. The molecule has 1 unspecified atom stereocenters. The van der Waals surface area contributed by atoms with E-state index in [-0.39, 0.29) is 0 Å². The summed E-state index contributed by atoms with van der Waals surface area (Å²) in [5, 5.41) is 0.611. The Morgan fingerprint density at radius 2 is 2.25 bits per heavy atom. The molecular formula is C11H15Cl2N3. The Morgan fingerprint density at radius 1 is 1.38 bits per heavy atom. The minimum Gasteiger partial charge on any atom is -0.351 e.